The number of hydrogen-bond donors (Lipinski definition) is 1. The molecule has 1 atom stereocenters. The normalized spacial score (nSPS) is 24.8. The molecule has 1 unspecified atom stereocenters. The predicted molar refractivity (Wildman–Crippen MR) is 55.6 cm³/mol. The maximum Gasteiger partial charge on any atom is 0.407 e. The van der Waals surface area contributed by atoms with Gasteiger partial charge in [-0.3, -0.25) is 0 Å². The summed E-state index contributed by atoms with van der Waals surface area (Å²) < 4.78 is 5.22. The van der Waals surface area contributed by atoms with Crippen molar-refractivity contribution in [3.63, 3.8) is 0 Å². The molecule has 1 aromatic carbocycles. The Hall–Kier alpha value is -1.51. The van der Waals surface area contributed by atoms with E-state index in [2.05, 4.69) is 23.5 Å². The highest BCUT2D eigenvalue weighted by molar-refractivity contribution is 5.69. The Kier molecular flexibility index (Phi) is 1.91. The van der Waals surface area contributed by atoms with Crippen LogP contribution in [0.1, 0.15) is 36.0 Å². The Morgan fingerprint density at radius 3 is 2.53 bits per heavy atom. The summed E-state index contributed by atoms with van der Waals surface area (Å²) in [4.78, 5) is 11.0. The van der Waals surface area contributed by atoms with E-state index in [0.29, 0.717) is 12.5 Å². The molecule has 1 aromatic rings. The van der Waals surface area contributed by atoms with Crippen LogP contribution in [0.5, 0.6) is 0 Å². The number of amides is 1. The molecule has 1 heterocycles. The lowest BCUT2D eigenvalue weighted by Gasteiger charge is -2.12. The van der Waals surface area contributed by atoms with Crippen LogP contribution < -0.4 is 5.32 Å². The van der Waals surface area contributed by atoms with Gasteiger partial charge in [-0.1, -0.05) is 24.3 Å². The number of ether oxygens (including phenoxy) is 1. The van der Waals surface area contributed by atoms with Crippen molar-refractivity contribution in [3.8, 4) is 0 Å². The van der Waals surface area contributed by atoms with Gasteiger partial charge in [-0.2, -0.15) is 0 Å². The van der Waals surface area contributed by atoms with Crippen LogP contribution in [0.2, 0.25) is 0 Å². The Morgan fingerprint density at radius 1 is 1.20 bits per heavy atom. The molecule has 1 aliphatic heterocycles. The minimum atomic E-state index is -0.300. The van der Waals surface area contributed by atoms with Gasteiger partial charge >= 0.3 is 6.09 Å². The van der Waals surface area contributed by atoms with Crippen molar-refractivity contribution in [2.75, 3.05) is 6.54 Å². The molecule has 1 saturated heterocycles. The topological polar surface area (TPSA) is 38.3 Å². The second-order valence-electron chi connectivity index (χ2n) is 4.18. The summed E-state index contributed by atoms with van der Waals surface area (Å²) >= 11 is 0. The first-order chi connectivity index (χ1) is 7.34. The molecular weight excluding hydrogens is 190 g/mol. The molecule has 0 spiro atoms. The molecule has 0 bridgehead atoms. The van der Waals surface area contributed by atoms with Gasteiger partial charge in [-0.15, -0.1) is 0 Å². The quantitative estimate of drug-likeness (QED) is 0.801. The van der Waals surface area contributed by atoms with E-state index in [-0.39, 0.29) is 12.2 Å². The number of nitrogens with one attached hydrogen (secondary N) is 1. The van der Waals surface area contributed by atoms with Gasteiger partial charge in [0.05, 0.1) is 6.54 Å². The molecule has 0 radical (unpaired) electrons. The van der Waals surface area contributed by atoms with Crippen molar-refractivity contribution in [1.29, 1.82) is 0 Å². The lowest BCUT2D eigenvalue weighted by atomic mass is 9.99. The van der Waals surface area contributed by atoms with Crippen LogP contribution in [0.15, 0.2) is 24.3 Å². The summed E-state index contributed by atoms with van der Waals surface area (Å²) in [6.07, 6.45) is 2.15. The number of cyclic esters (lactones) is 1. The van der Waals surface area contributed by atoms with E-state index < -0.39 is 0 Å². The Labute approximate surface area is 88.4 Å². The largest absolute Gasteiger partial charge is 0.439 e. The zero-order chi connectivity index (χ0) is 10.3. The number of carbonyl (C=O) groups excluding carboxylic acids is 1. The fourth-order valence-electron chi connectivity index (χ4n) is 2.13. The van der Waals surface area contributed by atoms with Gasteiger partial charge in [-0.25, -0.2) is 4.79 Å². The summed E-state index contributed by atoms with van der Waals surface area (Å²) in [6.45, 7) is 0.600. The second kappa shape index (κ2) is 3.26. The van der Waals surface area contributed by atoms with Gasteiger partial charge in [0.1, 0.15) is 6.10 Å². The Morgan fingerprint density at radius 2 is 1.93 bits per heavy atom. The van der Waals surface area contributed by atoms with E-state index in [1.807, 2.05) is 6.07 Å². The summed E-state index contributed by atoms with van der Waals surface area (Å²) in [7, 11) is 0. The Balaban J connectivity index is 1.92. The van der Waals surface area contributed by atoms with E-state index in [9.17, 15) is 4.79 Å². The first-order valence-electron chi connectivity index (χ1n) is 5.38. The van der Waals surface area contributed by atoms with Gasteiger partial charge in [0.2, 0.25) is 0 Å². The molecule has 1 N–H and O–H groups in total. The van der Waals surface area contributed by atoms with Gasteiger partial charge in [0.25, 0.3) is 0 Å². The molecule has 1 saturated carbocycles. The molecule has 2 fully saturated rings. The summed E-state index contributed by atoms with van der Waals surface area (Å²) in [6, 6.07) is 8.28. The van der Waals surface area contributed by atoms with Gasteiger partial charge in [0, 0.05) is 0 Å². The summed E-state index contributed by atoms with van der Waals surface area (Å²) in [5, 5.41) is 2.69. The SMILES string of the molecule is O=C1NCC(c2ccccc2C2CC2)O1. The van der Waals surface area contributed by atoms with Crippen LogP contribution in [0.25, 0.3) is 0 Å². The molecule has 1 aliphatic carbocycles. The lowest BCUT2D eigenvalue weighted by Crippen LogP contribution is -2.12. The molecule has 3 heteroatoms. The highest BCUT2D eigenvalue weighted by Gasteiger charge is 2.31. The van der Waals surface area contributed by atoms with Crippen LogP contribution in [-0.4, -0.2) is 12.6 Å². The van der Waals surface area contributed by atoms with Crippen molar-refractivity contribution in [3.05, 3.63) is 35.4 Å². The lowest BCUT2D eigenvalue weighted by molar-refractivity contribution is 0.140. The minimum Gasteiger partial charge on any atom is -0.439 e. The number of rotatable bonds is 2. The zero-order valence-corrected chi connectivity index (χ0v) is 8.40. The molecule has 78 valence electrons. The number of hydrogen-bond acceptors (Lipinski definition) is 2. The van der Waals surface area contributed by atoms with Crippen molar-refractivity contribution < 1.29 is 9.53 Å². The average Bonchev–Trinajstić information content (AvgIpc) is 3.02. The monoisotopic (exact) mass is 203 g/mol. The van der Waals surface area contributed by atoms with E-state index in [0.717, 1.165) is 0 Å². The standard InChI is InChI=1S/C12H13NO2/c14-12-13-7-11(15-12)10-4-2-1-3-9(10)8-5-6-8/h1-4,8,11H,5-7H2,(H,13,14). The van der Waals surface area contributed by atoms with Crippen LogP contribution in [-0.2, 0) is 4.74 Å². The van der Waals surface area contributed by atoms with Crippen LogP contribution in [0.3, 0.4) is 0 Å². The summed E-state index contributed by atoms with van der Waals surface area (Å²) in [5.74, 6) is 0.695. The smallest absolute Gasteiger partial charge is 0.407 e. The third-order valence-corrected chi connectivity index (χ3v) is 3.04. The van der Waals surface area contributed by atoms with E-state index in [1.165, 1.54) is 24.0 Å². The minimum absolute atomic E-state index is 0.0886. The highest BCUT2D eigenvalue weighted by atomic mass is 16.6. The van der Waals surface area contributed by atoms with Gasteiger partial charge in [-0.05, 0) is 29.9 Å². The van der Waals surface area contributed by atoms with Crippen molar-refractivity contribution in [2.24, 2.45) is 0 Å². The third kappa shape index (κ3) is 1.58. The molecule has 1 amide bonds. The van der Waals surface area contributed by atoms with Crippen LogP contribution >= 0.6 is 0 Å². The fourth-order valence-corrected chi connectivity index (χ4v) is 2.13. The van der Waals surface area contributed by atoms with Crippen molar-refractivity contribution >= 4 is 6.09 Å². The second-order valence-corrected chi connectivity index (χ2v) is 4.18. The fraction of sp³-hybridized carbons (Fsp3) is 0.417. The summed E-state index contributed by atoms with van der Waals surface area (Å²) in [5.41, 5.74) is 2.54. The highest BCUT2D eigenvalue weighted by Crippen LogP contribution is 2.43. The Bertz CT molecular complexity index is 398. The van der Waals surface area contributed by atoms with Gasteiger partial charge in [0.15, 0.2) is 0 Å². The average molecular weight is 203 g/mol. The third-order valence-electron chi connectivity index (χ3n) is 3.04. The number of alkyl carbamates (subject to hydrolysis) is 1. The number of benzene rings is 1. The van der Waals surface area contributed by atoms with Crippen LogP contribution in [0.4, 0.5) is 4.79 Å². The first-order valence-corrected chi connectivity index (χ1v) is 5.38. The van der Waals surface area contributed by atoms with E-state index >= 15 is 0 Å². The molecular formula is C12H13NO2. The van der Waals surface area contributed by atoms with Crippen LogP contribution in [0, 0.1) is 0 Å². The maximum atomic E-state index is 11.0. The maximum absolute atomic E-state index is 11.0. The molecule has 0 aromatic heterocycles. The zero-order valence-electron chi connectivity index (χ0n) is 8.40. The van der Waals surface area contributed by atoms with Crippen molar-refractivity contribution in [1.82, 2.24) is 5.32 Å². The number of carbonyl (C=O) groups is 1. The molecule has 3 rings (SSSR count). The predicted octanol–water partition coefficient (Wildman–Crippen LogP) is 2.34. The molecule has 15 heavy (non-hydrogen) atoms. The van der Waals surface area contributed by atoms with Crippen molar-refractivity contribution in [2.45, 2.75) is 24.9 Å². The van der Waals surface area contributed by atoms with E-state index in [1.54, 1.807) is 0 Å². The molecule has 3 nitrogen and oxygen atoms in total. The van der Waals surface area contributed by atoms with E-state index in [4.69, 9.17) is 4.74 Å². The van der Waals surface area contributed by atoms with Gasteiger partial charge < -0.3 is 10.1 Å². The molecule has 2 aliphatic rings. The first kappa shape index (κ1) is 8.77.